The lowest BCUT2D eigenvalue weighted by molar-refractivity contribution is 0.0697. The van der Waals surface area contributed by atoms with Crippen LogP contribution in [0.3, 0.4) is 0 Å². The molecule has 0 bridgehead atoms. The summed E-state index contributed by atoms with van der Waals surface area (Å²) in [5, 5.41) is 17.1. The number of aromatic carboxylic acids is 1. The van der Waals surface area contributed by atoms with Crippen molar-refractivity contribution in [1.82, 2.24) is 18.7 Å². The number of aromatic nitrogens is 4. The van der Waals surface area contributed by atoms with Crippen LogP contribution in [0.4, 0.5) is 0 Å². The number of carboxylic acids is 1. The fourth-order valence-corrected chi connectivity index (χ4v) is 2.08. The Morgan fingerprint density at radius 3 is 2.12 bits per heavy atom. The van der Waals surface area contributed by atoms with Crippen molar-refractivity contribution in [2.24, 2.45) is 21.1 Å². The molecule has 0 spiro atoms. The van der Waals surface area contributed by atoms with Gasteiger partial charge in [0.15, 0.2) is 11.2 Å². The highest BCUT2D eigenvalue weighted by Gasteiger charge is 2.11. The van der Waals surface area contributed by atoms with Gasteiger partial charge < -0.3 is 20.3 Å². The summed E-state index contributed by atoms with van der Waals surface area (Å²) in [6, 6.07) is 5.36. The monoisotopic (exact) mass is 350 g/mol. The Morgan fingerprint density at radius 1 is 1.04 bits per heavy atom. The molecule has 0 aliphatic carbocycles. The normalized spacial score (nSPS) is 9.88. The summed E-state index contributed by atoms with van der Waals surface area (Å²) in [5.74, 6) is -0.912. The van der Waals surface area contributed by atoms with Gasteiger partial charge in [-0.15, -0.1) is 0 Å². The number of rotatable bonds is 1. The molecule has 2 heterocycles. The summed E-state index contributed by atoms with van der Waals surface area (Å²) in [4.78, 5) is 37.4. The molecule has 134 valence electrons. The van der Waals surface area contributed by atoms with Gasteiger partial charge in [-0.3, -0.25) is 13.9 Å². The first kappa shape index (κ1) is 19.6. The Morgan fingerprint density at radius 2 is 1.60 bits per heavy atom. The summed E-state index contributed by atoms with van der Waals surface area (Å²) in [5.41, 5.74) is 0.359. The van der Waals surface area contributed by atoms with Gasteiger partial charge in [0.25, 0.3) is 5.56 Å². The van der Waals surface area contributed by atoms with E-state index < -0.39 is 5.97 Å². The minimum atomic E-state index is -0.986. The van der Waals surface area contributed by atoms with Crippen LogP contribution in [-0.4, -0.2) is 40.3 Å². The van der Waals surface area contributed by atoms with Crippen LogP contribution in [0.2, 0.25) is 0 Å². The molecule has 0 atom stereocenters. The number of aryl methyl sites for hydroxylation is 2. The molecule has 10 nitrogen and oxygen atoms in total. The number of carbonyl (C=O) groups is 1. The first-order valence-corrected chi connectivity index (χ1v) is 6.83. The average molecular weight is 350 g/mol. The second kappa shape index (κ2) is 7.45. The van der Waals surface area contributed by atoms with Crippen LogP contribution in [0, 0.1) is 0 Å². The number of hydrogen-bond donors (Lipinski definition) is 2. The molecule has 10 heteroatoms. The van der Waals surface area contributed by atoms with Gasteiger partial charge in [0, 0.05) is 21.1 Å². The predicted molar refractivity (Wildman–Crippen MR) is 89.9 cm³/mol. The van der Waals surface area contributed by atoms with E-state index >= 15 is 0 Å². The van der Waals surface area contributed by atoms with Crippen LogP contribution >= 0.6 is 0 Å². The van der Waals surface area contributed by atoms with Gasteiger partial charge in [-0.25, -0.2) is 14.6 Å². The summed E-state index contributed by atoms with van der Waals surface area (Å²) < 4.78 is 4.04. The van der Waals surface area contributed by atoms with E-state index in [1.54, 1.807) is 18.7 Å². The molecule has 0 amide bonds. The average Bonchev–Trinajstić information content (AvgIpc) is 2.94. The molecule has 0 radical (unpaired) electrons. The van der Waals surface area contributed by atoms with E-state index in [9.17, 15) is 14.4 Å². The molecule has 0 fully saturated rings. The molecule has 1 aromatic carbocycles. The fraction of sp³-hybridized carbons (Fsp3) is 0.200. The van der Waals surface area contributed by atoms with Crippen molar-refractivity contribution in [3.8, 4) is 5.75 Å². The molecule has 25 heavy (non-hydrogen) atoms. The minimum absolute atomic E-state index is 0. The highest BCUT2D eigenvalue weighted by molar-refractivity contribution is 5.87. The molecule has 4 N–H and O–H groups in total. The maximum Gasteiger partial charge on any atom is 0.335 e. The smallest absolute Gasteiger partial charge is 0.335 e. The van der Waals surface area contributed by atoms with Gasteiger partial charge in [0.2, 0.25) is 0 Å². The van der Waals surface area contributed by atoms with E-state index in [1.165, 1.54) is 42.2 Å². The number of benzene rings is 1. The predicted octanol–water partition coefficient (Wildman–Crippen LogP) is -0.764. The van der Waals surface area contributed by atoms with E-state index in [-0.39, 0.29) is 28.0 Å². The maximum atomic E-state index is 11.7. The van der Waals surface area contributed by atoms with Crippen molar-refractivity contribution in [1.29, 1.82) is 0 Å². The van der Waals surface area contributed by atoms with Crippen LogP contribution in [0.15, 0.2) is 40.2 Å². The zero-order chi connectivity index (χ0) is 18.0. The Balaban J connectivity index is 0.000000254. The summed E-state index contributed by atoms with van der Waals surface area (Å²) >= 11 is 0. The molecule has 0 saturated heterocycles. The van der Waals surface area contributed by atoms with Gasteiger partial charge in [-0.05, 0) is 24.3 Å². The van der Waals surface area contributed by atoms with Gasteiger partial charge in [0.05, 0.1) is 11.9 Å². The lowest BCUT2D eigenvalue weighted by atomic mass is 10.2. The van der Waals surface area contributed by atoms with Crippen LogP contribution in [0.1, 0.15) is 10.4 Å². The van der Waals surface area contributed by atoms with E-state index in [1.807, 2.05) is 0 Å². The standard InChI is InChI=1S/C8H10N4O2.C7H6O3.H2O/c1-10-4-9-6-5(10)7(13)12(3)8(14)11(6)2;8-6-3-1-5(2-4-6)7(9)10;/h4H,1-3H3;1-4,8H,(H,9,10);1H2. The lowest BCUT2D eigenvalue weighted by Gasteiger charge is -2.02. The number of nitrogens with zero attached hydrogens (tertiary/aromatic N) is 4. The van der Waals surface area contributed by atoms with Crippen molar-refractivity contribution in [3.05, 3.63) is 57.0 Å². The van der Waals surface area contributed by atoms with Gasteiger partial charge in [-0.2, -0.15) is 0 Å². The van der Waals surface area contributed by atoms with Crippen molar-refractivity contribution in [3.63, 3.8) is 0 Å². The third kappa shape index (κ3) is 3.75. The highest BCUT2D eigenvalue weighted by Crippen LogP contribution is 2.08. The zero-order valence-corrected chi connectivity index (χ0v) is 13.8. The number of aromatic hydroxyl groups is 1. The van der Waals surface area contributed by atoms with Crippen LogP contribution in [0.5, 0.6) is 5.75 Å². The first-order valence-electron chi connectivity index (χ1n) is 6.83. The SMILES string of the molecule is Cn1c(=O)c2c(ncn2C)n(C)c1=O.O.O=C(O)c1ccc(O)cc1. The van der Waals surface area contributed by atoms with Crippen LogP contribution in [0.25, 0.3) is 11.2 Å². The third-order valence-corrected chi connectivity index (χ3v) is 3.43. The largest absolute Gasteiger partial charge is 0.508 e. The van der Waals surface area contributed by atoms with Crippen molar-refractivity contribution in [2.45, 2.75) is 0 Å². The molecular formula is C15H18N4O6. The number of carboxylic acid groups (broad SMARTS) is 1. The Hall–Kier alpha value is -3.40. The number of imidazole rings is 1. The minimum Gasteiger partial charge on any atom is -0.508 e. The Kier molecular flexibility index (Phi) is 5.85. The van der Waals surface area contributed by atoms with Crippen LogP contribution in [-0.2, 0) is 21.1 Å². The van der Waals surface area contributed by atoms with Crippen molar-refractivity contribution < 1.29 is 20.5 Å². The third-order valence-electron chi connectivity index (χ3n) is 3.43. The molecule has 0 unspecified atom stereocenters. The zero-order valence-electron chi connectivity index (χ0n) is 13.8. The van der Waals surface area contributed by atoms with E-state index in [0.717, 1.165) is 4.57 Å². The molecule has 2 aromatic heterocycles. The summed E-state index contributed by atoms with van der Waals surface area (Å²) in [6.07, 6.45) is 1.52. The van der Waals surface area contributed by atoms with E-state index in [4.69, 9.17) is 10.2 Å². The summed E-state index contributed by atoms with van der Waals surface area (Å²) in [7, 11) is 4.77. The van der Waals surface area contributed by atoms with Crippen LogP contribution < -0.4 is 11.2 Å². The topological polar surface area (TPSA) is 151 Å². The second-order valence-corrected chi connectivity index (χ2v) is 5.09. The molecule has 3 rings (SSSR count). The summed E-state index contributed by atoms with van der Waals surface area (Å²) in [6.45, 7) is 0. The Labute approximate surface area is 141 Å². The van der Waals surface area contributed by atoms with Gasteiger partial charge in [-0.1, -0.05) is 0 Å². The first-order chi connectivity index (χ1) is 11.2. The van der Waals surface area contributed by atoms with Crippen molar-refractivity contribution in [2.75, 3.05) is 0 Å². The van der Waals surface area contributed by atoms with E-state index in [2.05, 4.69) is 4.98 Å². The van der Waals surface area contributed by atoms with Gasteiger partial charge >= 0.3 is 11.7 Å². The Bertz CT molecular complexity index is 1010. The number of hydrogen-bond acceptors (Lipinski definition) is 5. The molecule has 0 aliphatic heterocycles. The number of fused-ring (bicyclic) bond motifs is 1. The van der Waals surface area contributed by atoms with Gasteiger partial charge in [0.1, 0.15) is 5.75 Å². The maximum absolute atomic E-state index is 11.7. The molecule has 0 aliphatic rings. The van der Waals surface area contributed by atoms with E-state index in [0.29, 0.717) is 11.2 Å². The second-order valence-electron chi connectivity index (χ2n) is 5.09. The lowest BCUT2D eigenvalue weighted by Crippen LogP contribution is -2.37. The fourth-order valence-electron chi connectivity index (χ4n) is 2.08. The molecule has 3 aromatic rings. The van der Waals surface area contributed by atoms with Crippen molar-refractivity contribution >= 4 is 17.1 Å². The molecular weight excluding hydrogens is 332 g/mol. The number of phenols is 1. The highest BCUT2D eigenvalue weighted by atomic mass is 16.4. The number of phenolic OH excluding ortho intramolecular Hbond substituents is 1. The quantitative estimate of drug-likeness (QED) is 0.588. The molecule has 0 saturated carbocycles.